The Hall–Kier alpha value is -1.97. The van der Waals surface area contributed by atoms with Gasteiger partial charge in [-0.1, -0.05) is 30.3 Å². The van der Waals surface area contributed by atoms with E-state index < -0.39 is 16.1 Å². The number of carbonyl (C=O) groups excluding carboxylic acids is 2. The number of sulfonamides is 1. The van der Waals surface area contributed by atoms with Crippen molar-refractivity contribution in [3.05, 3.63) is 35.9 Å². The number of nitrogens with zero attached hydrogens (tertiary/aromatic N) is 2. The number of piperidine rings is 1. The lowest BCUT2D eigenvalue weighted by atomic mass is 10.0. The highest BCUT2D eigenvalue weighted by atomic mass is 32.2. The molecule has 0 aromatic heterocycles. The predicted molar refractivity (Wildman–Crippen MR) is 106 cm³/mol. The van der Waals surface area contributed by atoms with E-state index in [1.54, 1.807) is 0 Å². The van der Waals surface area contributed by atoms with E-state index in [-0.39, 0.29) is 24.3 Å². The van der Waals surface area contributed by atoms with Crippen LogP contribution in [0.2, 0.25) is 0 Å². The van der Waals surface area contributed by atoms with Gasteiger partial charge in [0, 0.05) is 38.8 Å². The van der Waals surface area contributed by atoms with Crippen LogP contribution < -0.4 is 10.6 Å². The molecule has 2 heterocycles. The zero-order valence-electron chi connectivity index (χ0n) is 16.1. The molecule has 0 bridgehead atoms. The molecule has 2 aliphatic rings. The van der Waals surface area contributed by atoms with Crippen LogP contribution in [0.4, 0.5) is 0 Å². The number of hydrogen-bond acceptors (Lipinski definition) is 5. The standard InChI is InChI=1S/C19H28N4O4S/c1-28(26,27)23-10-7-16(8-11-23)21-18(24)13-17-19(25)20-9-12-22(17)14-15-5-3-2-4-6-15/h2-6,16-17H,7-14H2,1H3,(H,20,25)(H,21,24). The van der Waals surface area contributed by atoms with Gasteiger partial charge in [0.15, 0.2) is 0 Å². The van der Waals surface area contributed by atoms with Gasteiger partial charge >= 0.3 is 0 Å². The normalized spacial score (nSPS) is 22.6. The van der Waals surface area contributed by atoms with Crippen LogP contribution in [-0.4, -0.2) is 74.0 Å². The van der Waals surface area contributed by atoms with Gasteiger partial charge in [0.1, 0.15) is 0 Å². The van der Waals surface area contributed by atoms with Crippen LogP contribution in [0.15, 0.2) is 30.3 Å². The second-order valence-electron chi connectivity index (χ2n) is 7.47. The molecule has 2 N–H and O–H groups in total. The zero-order valence-corrected chi connectivity index (χ0v) is 17.0. The molecule has 1 unspecified atom stereocenters. The van der Waals surface area contributed by atoms with Gasteiger partial charge < -0.3 is 10.6 Å². The first-order valence-electron chi connectivity index (χ1n) is 9.63. The molecule has 1 aromatic carbocycles. The maximum Gasteiger partial charge on any atom is 0.237 e. The smallest absolute Gasteiger partial charge is 0.237 e. The summed E-state index contributed by atoms with van der Waals surface area (Å²) >= 11 is 0. The molecule has 1 aromatic rings. The minimum Gasteiger partial charge on any atom is -0.353 e. The summed E-state index contributed by atoms with van der Waals surface area (Å²) in [6, 6.07) is 9.35. The van der Waals surface area contributed by atoms with Gasteiger partial charge in [0.2, 0.25) is 21.8 Å². The van der Waals surface area contributed by atoms with Gasteiger partial charge in [-0.05, 0) is 18.4 Å². The lowest BCUT2D eigenvalue weighted by Gasteiger charge is -2.35. The Morgan fingerprint density at radius 2 is 1.86 bits per heavy atom. The fraction of sp³-hybridized carbons (Fsp3) is 0.579. The molecule has 0 radical (unpaired) electrons. The number of piperazine rings is 1. The van der Waals surface area contributed by atoms with Crippen LogP contribution in [0.25, 0.3) is 0 Å². The third kappa shape index (κ3) is 5.52. The molecule has 9 heteroatoms. The first kappa shape index (κ1) is 20.8. The quantitative estimate of drug-likeness (QED) is 0.686. The van der Waals surface area contributed by atoms with E-state index in [0.717, 1.165) is 5.56 Å². The summed E-state index contributed by atoms with van der Waals surface area (Å²) in [6.07, 6.45) is 2.48. The highest BCUT2D eigenvalue weighted by molar-refractivity contribution is 7.88. The van der Waals surface area contributed by atoms with E-state index in [4.69, 9.17) is 0 Å². The van der Waals surface area contributed by atoms with E-state index in [1.165, 1.54) is 10.6 Å². The topological polar surface area (TPSA) is 98.8 Å². The van der Waals surface area contributed by atoms with E-state index in [0.29, 0.717) is 45.6 Å². The van der Waals surface area contributed by atoms with Crippen LogP contribution in [-0.2, 0) is 26.2 Å². The SMILES string of the molecule is CS(=O)(=O)N1CCC(NC(=O)CC2C(=O)NCCN2Cc2ccccc2)CC1. The van der Waals surface area contributed by atoms with Crippen LogP contribution in [0.3, 0.4) is 0 Å². The highest BCUT2D eigenvalue weighted by Crippen LogP contribution is 2.16. The molecule has 2 fully saturated rings. The van der Waals surface area contributed by atoms with Gasteiger partial charge in [-0.15, -0.1) is 0 Å². The Morgan fingerprint density at radius 3 is 2.50 bits per heavy atom. The lowest BCUT2D eigenvalue weighted by Crippen LogP contribution is -2.56. The van der Waals surface area contributed by atoms with Crippen molar-refractivity contribution >= 4 is 21.8 Å². The van der Waals surface area contributed by atoms with E-state index in [2.05, 4.69) is 10.6 Å². The van der Waals surface area contributed by atoms with Crippen LogP contribution in [0, 0.1) is 0 Å². The van der Waals surface area contributed by atoms with Crippen molar-refractivity contribution in [3.8, 4) is 0 Å². The molecule has 0 spiro atoms. The molecule has 154 valence electrons. The number of hydrogen-bond donors (Lipinski definition) is 2. The molecule has 2 amide bonds. The summed E-state index contributed by atoms with van der Waals surface area (Å²) in [5.74, 6) is -0.290. The van der Waals surface area contributed by atoms with Gasteiger partial charge in [0.25, 0.3) is 0 Å². The fourth-order valence-corrected chi connectivity index (χ4v) is 4.66. The van der Waals surface area contributed by atoms with Gasteiger partial charge in [0.05, 0.1) is 18.7 Å². The third-order valence-corrected chi connectivity index (χ3v) is 6.64. The van der Waals surface area contributed by atoms with Crippen molar-refractivity contribution in [1.82, 2.24) is 19.8 Å². The largest absolute Gasteiger partial charge is 0.353 e. The number of amides is 2. The molecule has 1 atom stereocenters. The van der Waals surface area contributed by atoms with Crippen molar-refractivity contribution in [1.29, 1.82) is 0 Å². The highest BCUT2D eigenvalue weighted by Gasteiger charge is 2.33. The summed E-state index contributed by atoms with van der Waals surface area (Å²) in [5, 5.41) is 5.82. The summed E-state index contributed by atoms with van der Waals surface area (Å²) in [4.78, 5) is 27.0. The first-order chi connectivity index (χ1) is 13.3. The number of benzene rings is 1. The Balaban J connectivity index is 1.54. The predicted octanol–water partition coefficient (Wildman–Crippen LogP) is -0.0827. The first-order valence-corrected chi connectivity index (χ1v) is 11.5. The van der Waals surface area contributed by atoms with Crippen LogP contribution in [0.5, 0.6) is 0 Å². The van der Waals surface area contributed by atoms with Gasteiger partial charge in [-0.3, -0.25) is 14.5 Å². The van der Waals surface area contributed by atoms with Crippen molar-refractivity contribution in [2.24, 2.45) is 0 Å². The van der Waals surface area contributed by atoms with Gasteiger partial charge in [-0.25, -0.2) is 12.7 Å². The summed E-state index contributed by atoms with van der Waals surface area (Å²) in [7, 11) is -3.18. The molecule has 2 aliphatic heterocycles. The minimum absolute atomic E-state index is 0.0558. The van der Waals surface area contributed by atoms with Crippen LogP contribution in [0.1, 0.15) is 24.8 Å². The van der Waals surface area contributed by atoms with Crippen molar-refractivity contribution in [3.63, 3.8) is 0 Å². The van der Waals surface area contributed by atoms with Crippen molar-refractivity contribution in [2.45, 2.75) is 37.9 Å². The van der Waals surface area contributed by atoms with Crippen LogP contribution >= 0.6 is 0 Å². The molecular formula is C19H28N4O4S. The lowest BCUT2D eigenvalue weighted by molar-refractivity contribution is -0.134. The second kappa shape index (κ2) is 9.02. The maximum atomic E-state index is 12.6. The average molecular weight is 409 g/mol. The molecule has 8 nitrogen and oxygen atoms in total. The number of rotatable bonds is 6. The monoisotopic (exact) mass is 408 g/mol. The second-order valence-corrected chi connectivity index (χ2v) is 9.45. The van der Waals surface area contributed by atoms with E-state index in [1.807, 2.05) is 35.2 Å². The van der Waals surface area contributed by atoms with Crippen molar-refractivity contribution in [2.75, 3.05) is 32.4 Å². The Labute approximate surface area is 166 Å². The Kier molecular flexibility index (Phi) is 6.69. The third-order valence-electron chi connectivity index (χ3n) is 5.34. The number of carbonyl (C=O) groups is 2. The Morgan fingerprint density at radius 1 is 1.18 bits per heavy atom. The molecule has 28 heavy (non-hydrogen) atoms. The molecule has 0 aliphatic carbocycles. The summed E-state index contributed by atoms with van der Waals surface area (Å²) < 4.78 is 24.6. The maximum absolute atomic E-state index is 12.6. The molecular weight excluding hydrogens is 380 g/mol. The summed E-state index contributed by atoms with van der Waals surface area (Å²) in [6.45, 7) is 2.72. The summed E-state index contributed by atoms with van der Waals surface area (Å²) in [5.41, 5.74) is 1.11. The van der Waals surface area contributed by atoms with Gasteiger partial charge in [-0.2, -0.15) is 0 Å². The van der Waals surface area contributed by atoms with Crippen molar-refractivity contribution < 1.29 is 18.0 Å². The van der Waals surface area contributed by atoms with E-state index in [9.17, 15) is 18.0 Å². The molecule has 3 rings (SSSR count). The average Bonchev–Trinajstić information content (AvgIpc) is 2.65. The minimum atomic E-state index is -3.18. The Bertz CT molecular complexity index is 791. The number of nitrogens with one attached hydrogen (secondary N) is 2. The van der Waals surface area contributed by atoms with E-state index >= 15 is 0 Å². The molecule has 0 saturated carbocycles. The molecule has 2 saturated heterocycles. The zero-order chi connectivity index (χ0) is 20.1. The fourth-order valence-electron chi connectivity index (χ4n) is 3.79.